The van der Waals surface area contributed by atoms with Crippen molar-refractivity contribution < 1.29 is 13.6 Å². The van der Waals surface area contributed by atoms with E-state index in [0.717, 1.165) is 29.7 Å². The van der Waals surface area contributed by atoms with Crippen molar-refractivity contribution >= 4 is 17.5 Å². The lowest BCUT2D eigenvalue weighted by Gasteiger charge is -2.19. The molecular weight excluding hydrogens is 428 g/mol. The van der Waals surface area contributed by atoms with Gasteiger partial charge in [-0.25, -0.2) is 23.7 Å². The molecule has 2 aromatic heterocycles. The largest absolute Gasteiger partial charge is 0.368 e. The molecule has 0 bridgehead atoms. The van der Waals surface area contributed by atoms with Crippen molar-refractivity contribution in [3.8, 4) is 11.4 Å². The Kier molecular flexibility index (Phi) is 7.57. The molecule has 1 amide bonds. The molecule has 0 saturated carbocycles. The molecule has 8 nitrogen and oxygen atoms in total. The van der Waals surface area contributed by atoms with E-state index in [-0.39, 0.29) is 17.9 Å². The second-order valence-corrected chi connectivity index (χ2v) is 8.18. The van der Waals surface area contributed by atoms with E-state index in [4.69, 9.17) is 5.73 Å². The monoisotopic (exact) mass is 457 g/mol. The molecule has 1 saturated heterocycles. The van der Waals surface area contributed by atoms with Gasteiger partial charge in [0.15, 0.2) is 0 Å². The Balaban J connectivity index is 0.000000186. The van der Waals surface area contributed by atoms with Crippen molar-refractivity contribution in [3.05, 3.63) is 54.1 Å². The van der Waals surface area contributed by atoms with E-state index in [1.54, 1.807) is 6.20 Å². The predicted molar refractivity (Wildman–Crippen MR) is 124 cm³/mol. The zero-order valence-electron chi connectivity index (χ0n) is 19.2. The Morgan fingerprint density at radius 2 is 2.00 bits per heavy atom. The van der Waals surface area contributed by atoms with E-state index >= 15 is 0 Å². The lowest BCUT2D eigenvalue weighted by molar-refractivity contribution is -0.119. The number of carbonyl (C=O) groups is 1. The van der Waals surface area contributed by atoms with E-state index in [1.807, 2.05) is 24.1 Å². The van der Waals surface area contributed by atoms with Crippen LogP contribution in [0, 0.1) is 18.6 Å². The Morgan fingerprint density at radius 1 is 1.24 bits per heavy atom. The molecule has 0 aliphatic carbocycles. The molecule has 1 fully saturated rings. The molecule has 1 aliphatic rings. The summed E-state index contributed by atoms with van der Waals surface area (Å²) >= 11 is 0. The standard InChI is InChI=1S/C12H14F2N2O.C11H15N5/c1-8(17)15-10-4-5-16(7-10)12-3-2-9(13)6-11(12)14;1-7(2)16-8(3)14-6-10(16)9-4-5-13-11(12)15-9/h2-3,6,10H,4-5,7H2,1H3,(H,15,17);4-7H,1-3H3,(H2,12,13,15)/t10-;/m1./s1. The fourth-order valence-corrected chi connectivity index (χ4v) is 3.93. The van der Waals surface area contributed by atoms with Crippen LogP contribution in [0.3, 0.4) is 0 Å². The summed E-state index contributed by atoms with van der Waals surface area (Å²) in [5, 5.41) is 2.80. The Bertz CT molecular complexity index is 1120. The normalized spacial score (nSPS) is 15.4. The summed E-state index contributed by atoms with van der Waals surface area (Å²) in [6.07, 6.45) is 4.25. The van der Waals surface area contributed by atoms with Gasteiger partial charge in [0.2, 0.25) is 11.9 Å². The van der Waals surface area contributed by atoms with Crippen LogP contribution in [0.4, 0.5) is 20.4 Å². The summed E-state index contributed by atoms with van der Waals surface area (Å²) in [6.45, 7) is 8.89. The minimum atomic E-state index is -0.580. The maximum Gasteiger partial charge on any atom is 0.220 e. The number of benzene rings is 1. The third-order valence-corrected chi connectivity index (χ3v) is 5.28. The molecule has 176 valence electrons. The molecule has 3 heterocycles. The lowest BCUT2D eigenvalue weighted by Crippen LogP contribution is -2.35. The number of nitrogens with one attached hydrogen (secondary N) is 1. The number of carbonyl (C=O) groups excluding carboxylic acids is 1. The number of anilines is 2. The van der Waals surface area contributed by atoms with Gasteiger partial charge in [0, 0.05) is 44.4 Å². The molecule has 33 heavy (non-hydrogen) atoms. The van der Waals surface area contributed by atoms with Crippen LogP contribution < -0.4 is 16.0 Å². The zero-order valence-corrected chi connectivity index (χ0v) is 19.2. The number of nitrogen functional groups attached to an aromatic ring is 1. The predicted octanol–water partition coefficient (Wildman–Crippen LogP) is 3.49. The molecule has 10 heteroatoms. The zero-order chi connectivity index (χ0) is 24.1. The molecule has 3 aromatic rings. The van der Waals surface area contributed by atoms with E-state index in [2.05, 4.69) is 38.7 Å². The van der Waals surface area contributed by atoms with Crippen molar-refractivity contribution in [2.45, 2.75) is 46.2 Å². The van der Waals surface area contributed by atoms with Crippen LogP contribution in [0.15, 0.2) is 36.7 Å². The van der Waals surface area contributed by atoms with E-state index in [1.165, 1.54) is 19.1 Å². The number of hydrogen-bond donors (Lipinski definition) is 2. The molecular formula is C23H29F2N7O. The van der Waals surface area contributed by atoms with Crippen molar-refractivity contribution in [1.29, 1.82) is 0 Å². The highest BCUT2D eigenvalue weighted by Gasteiger charge is 2.25. The maximum atomic E-state index is 13.5. The van der Waals surface area contributed by atoms with Crippen molar-refractivity contribution in [2.75, 3.05) is 23.7 Å². The molecule has 0 spiro atoms. The van der Waals surface area contributed by atoms with Gasteiger partial charge in [0.25, 0.3) is 0 Å². The number of nitrogens with two attached hydrogens (primary N) is 1. The van der Waals surface area contributed by atoms with Gasteiger partial charge in [-0.05, 0) is 45.4 Å². The van der Waals surface area contributed by atoms with Crippen molar-refractivity contribution in [3.63, 3.8) is 0 Å². The second-order valence-electron chi connectivity index (χ2n) is 8.18. The van der Waals surface area contributed by atoms with Crippen LogP contribution in [0.5, 0.6) is 0 Å². The first-order valence-corrected chi connectivity index (χ1v) is 10.8. The number of halogens is 2. The Hall–Kier alpha value is -3.56. The molecule has 1 aromatic carbocycles. The summed E-state index contributed by atoms with van der Waals surface area (Å²) < 4.78 is 28.4. The van der Waals surface area contributed by atoms with E-state index in [0.29, 0.717) is 24.8 Å². The third-order valence-electron chi connectivity index (χ3n) is 5.28. The molecule has 1 aliphatic heterocycles. The van der Waals surface area contributed by atoms with Crippen LogP contribution in [-0.2, 0) is 4.79 Å². The first kappa shape index (κ1) is 24.1. The highest BCUT2D eigenvalue weighted by Crippen LogP contribution is 2.24. The van der Waals surface area contributed by atoms with Gasteiger partial charge >= 0.3 is 0 Å². The fraction of sp³-hybridized carbons (Fsp3) is 0.391. The van der Waals surface area contributed by atoms with Gasteiger partial charge in [-0.3, -0.25) is 4.79 Å². The molecule has 0 radical (unpaired) electrons. The van der Waals surface area contributed by atoms with Crippen LogP contribution in [0.1, 0.15) is 39.1 Å². The van der Waals surface area contributed by atoms with Gasteiger partial charge in [-0.2, -0.15) is 0 Å². The number of rotatable bonds is 4. The number of amides is 1. The summed E-state index contributed by atoms with van der Waals surface area (Å²) in [7, 11) is 0. The Labute approximate surface area is 191 Å². The van der Waals surface area contributed by atoms with E-state index < -0.39 is 11.6 Å². The summed E-state index contributed by atoms with van der Waals surface area (Å²) in [5.74, 6) is 0.0302. The van der Waals surface area contributed by atoms with Crippen LogP contribution in [0.25, 0.3) is 11.4 Å². The summed E-state index contributed by atoms with van der Waals surface area (Å²) in [6, 6.07) is 5.77. The number of hydrogen-bond acceptors (Lipinski definition) is 6. The average molecular weight is 458 g/mol. The van der Waals surface area contributed by atoms with Crippen LogP contribution in [-0.4, -0.2) is 44.6 Å². The van der Waals surface area contributed by atoms with Crippen molar-refractivity contribution in [2.24, 2.45) is 0 Å². The van der Waals surface area contributed by atoms with Gasteiger partial charge in [-0.1, -0.05) is 0 Å². The first-order chi connectivity index (χ1) is 15.7. The lowest BCUT2D eigenvalue weighted by atomic mass is 10.2. The molecule has 3 N–H and O–H groups in total. The first-order valence-electron chi connectivity index (χ1n) is 10.8. The fourth-order valence-electron chi connectivity index (χ4n) is 3.93. The summed E-state index contributed by atoms with van der Waals surface area (Å²) in [4.78, 5) is 25.1. The minimum absolute atomic E-state index is 0.0388. The minimum Gasteiger partial charge on any atom is -0.368 e. The molecule has 0 unspecified atom stereocenters. The smallest absolute Gasteiger partial charge is 0.220 e. The highest BCUT2D eigenvalue weighted by molar-refractivity contribution is 5.73. The Morgan fingerprint density at radius 3 is 2.64 bits per heavy atom. The molecule has 1 atom stereocenters. The topological polar surface area (TPSA) is 102 Å². The maximum absolute atomic E-state index is 13.5. The quantitative estimate of drug-likeness (QED) is 0.622. The molecule has 4 rings (SSSR count). The van der Waals surface area contributed by atoms with Crippen LogP contribution in [0.2, 0.25) is 0 Å². The second kappa shape index (κ2) is 10.4. The number of imidazole rings is 1. The number of aromatic nitrogens is 4. The SMILES string of the molecule is CC(=O)N[C@@H]1CCN(c2ccc(F)cc2F)C1.Cc1ncc(-c2ccnc(N)n2)n1C(C)C. The van der Waals surface area contributed by atoms with Crippen LogP contribution >= 0.6 is 0 Å². The van der Waals surface area contributed by atoms with Gasteiger partial charge in [-0.15, -0.1) is 0 Å². The highest BCUT2D eigenvalue weighted by atomic mass is 19.1. The van der Waals surface area contributed by atoms with Gasteiger partial charge < -0.3 is 20.5 Å². The van der Waals surface area contributed by atoms with Gasteiger partial charge in [0.1, 0.15) is 17.5 Å². The number of nitrogens with zero attached hydrogens (tertiary/aromatic N) is 5. The average Bonchev–Trinajstić information content (AvgIpc) is 3.34. The van der Waals surface area contributed by atoms with Gasteiger partial charge in [0.05, 0.1) is 23.3 Å². The van der Waals surface area contributed by atoms with Crippen molar-refractivity contribution in [1.82, 2.24) is 24.8 Å². The summed E-state index contributed by atoms with van der Waals surface area (Å²) in [5.41, 5.74) is 7.75. The van der Waals surface area contributed by atoms with E-state index in [9.17, 15) is 13.6 Å². The third kappa shape index (κ3) is 6.03. The number of aryl methyl sites for hydroxylation is 1.